The third-order valence-electron chi connectivity index (χ3n) is 5.08. The van der Waals surface area contributed by atoms with Crippen LogP contribution in [0.5, 0.6) is 5.75 Å². The van der Waals surface area contributed by atoms with Gasteiger partial charge in [-0.25, -0.2) is 0 Å². The Morgan fingerprint density at radius 1 is 0.533 bits per heavy atom. The zero-order valence-electron chi connectivity index (χ0n) is 24.2. The number of aryl methyl sites for hydroxylation is 1. The Morgan fingerprint density at radius 3 is 1.63 bits per heavy atom. The van der Waals surface area contributed by atoms with E-state index in [0.717, 1.165) is 21.7 Å². The van der Waals surface area contributed by atoms with E-state index in [1.165, 1.54) is 6.07 Å². The average molecular weight is 395 g/mol. The summed E-state index contributed by atoms with van der Waals surface area (Å²) in [6.45, 7) is 1.98. The number of hydrogen-bond acceptors (Lipinski definition) is 1. The topological polar surface area (TPSA) is 20.2 Å². The predicted octanol–water partition coefficient (Wildman–Crippen LogP) is 8.00. The molecule has 0 aliphatic carbocycles. The molecule has 0 fully saturated rings. The number of aromatic hydroxyl groups is 1. The van der Waals surface area contributed by atoms with Gasteiger partial charge in [0.2, 0.25) is 0 Å². The van der Waals surface area contributed by atoms with E-state index in [1.807, 2.05) is 31.2 Å². The van der Waals surface area contributed by atoms with E-state index in [2.05, 4.69) is 0 Å². The maximum atomic E-state index is 9.58. The van der Waals surface area contributed by atoms with Gasteiger partial charge in [-0.3, -0.25) is 0 Å². The molecule has 0 aromatic heterocycles. The largest absolute Gasteiger partial charge is 0.508 e. The van der Waals surface area contributed by atoms with Crippen molar-refractivity contribution >= 4 is 43.1 Å². The van der Waals surface area contributed by atoms with Crippen molar-refractivity contribution < 1.29 is 16.1 Å². The van der Waals surface area contributed by atoms with Crippen LogP contribution in [-0.4, -0.2) is 5.11 Å². The molecular formula is C29H22O. The van der Waals surface area contributed by atoms with Crippen LogP contribution in [-0.2, 0) is 0 Å². The normalized spacial score (nSPS) is 14.7. The second kappa shape index (κ2) is 7.53. The molecule has 0 unspecified atom stereocenters. The molecular weight excluding hydrogens is 364 g/mol. The summed E-state index contributed by atoms with van der Waals surface area (Å²) in [5.74, 6) is 0.0763. The lowest BCUT2D eigenvalue weighted by Gasteiger charge is -2.04. The molecule has 0 atom stereocenters. The molecule has 1 heteroatoms. The molecule has 144 valence electrons. The lowest BCUT2D eigenvalue weighted by molar-refractivity contribution is 0.476. The maximum Gasteiger partial charge on any atom is 0.116 e. The molecule has 0 saturated heterocycles. The quantitative estimate of drug-likeness (QED) is 0.259. The van der Waals surface area contributed by atoms with E-state index < -0.39 is 0 Å². The van der Waals surface area contributed by atoms with Gasteiger partial charge in [-0.1, -0.05) is 102 Å². The Labute approximate surface area is 187 Å². The molecule has 0 aliphatic heterocycles. The van der Waals surface area contributed by atoms with E-state index in [1.54, 1.807) is 30.3 Å². The van der Waals surface area contributed by atoms with Gasteiger partial charge in [0.15, 0.2) is 0 Å². The average Bonchev–Trinajstić information content (AvgIpc) is 2.91. The number of hydrogen-bond donors (Lipinski definition) is 1. The van der Waals surface area contributed by atoms with Crippen molar-refractivity contribution in [3.63, 3.8) is 0 Å². The van der Waals surface area contributed by atoms with Crippen LogP contribution in [0.3, 0.4) is 0 Å². The highest BCUT2D eigenvalue weighted by atomic mass is 16.3. The molecule has 1 N–H and O–H groups in total. The molecule has 0 heterocycles. The third kappa shape index (κ3) is 3.35. The second-order valence-corrected chi connectivity index (χ2v) is 7.11. The fraction of sp³-hybridized carbons (Fsp3) is 0.0345. The third-order valence-corrected chi connectivity index (χ3v) is 5.08. The monoisotopic (exact) mass is 394 g/mol. The summed E-state index contributed by atoms with van der Waals surface area (Å²) in [6.07, 6.45) is 0. The van der Waals surface area contributed by atoms with Crippen LogP contribution in [0.2, 0.25) is 0 Å². The van der Waals surface area contributed by atoms with Crippen LogP contribution < -0.4 is 0 Å². The number of phenolic OH excluding ortho intramolecular Hbond substituents is 1. The first kappa shape index (κ1) is 11.4. The van der Waals surface area contributed by atoms with Gasteiger partial charge in [-0.2, -0.15) is 0 Å². The molecule has 30 heavy (non-hydrogen) atoms. The molecule has 0 saturated carbocycles. The molecule has 0 bridgehead atoms. The van der Waals surface area contributed by atoms with E-state index in [-0.39, 0.29) is 54.1 Å². The molecule has 6 aromatic carbocycles. The maximum absolute atomic E-state index is 9.58. The summed E-state index contributed by atoms with van der Waals surface area (Å²) in [5, 5.41) is 15.0. The first-order valence-corrected chi connectivity index (χ1v) is 9.52. The van der Waals surface area contributed by atoms with E-state index >= 15 is 0 Å². The lowest BCUT2D eigenvalue weighted by atomic mass is 10.0. The van der Waals surface area contributed by atoms with Gasteiger partial charge in [0, 0.05) is 0 Å². The fourth-order valence-corrected chi connectivity index (χ4v) is 3.60. The van der Waals surface area contributed by atoms with E-state index in [4.69, 9.17) is 11.0 Å². The molecule has 0 radical (unpaired) electrons. The summed E-state index contributed by atoms with van der Waals surface area (Å²) in [6, 6.07) is 17.0. The Hall–Kier alpha value is -3.84. The zero-order valence-corrected chi connectivity index (χ0v) is 16.2. The summed E-state index contributed by atoms with van der Waals surface area (Å²) >= 11 is 0. The Morgan fingerprint density at radius 2 is 1.00 bits per heavy atom. The fourth-order valence-electron chi connectivity index (χ4n) is 3.60. The van der Waals surface area contributed by atoms with Crippen LogP contribution in [0.15, 0.2) is 109 Å². The van der Waals surface area contributed by atoms with Crippen LogP contribution in [0.25, 0.3) is 43.1 Å². The van der Waals surface area contributed by atoms with Crippen LogP contribution in [0.4, 0.5) is 0 Å². The number of fused-ring (bicyclic) bond motifs is 6. The van der Waals surface area contributed by atoms with Crippen molar-refractivity contribution in [2.75, 3.05) is 0 Å². The predicted molar refractivity (Wildman–Crippen MR) is 129 cm³/mol. The number of rotatable bonds is 0. The first-order valence-electron chi connectivity index (χ1n) is 13.5. The van der Waals surface area contributed by atoms with E-state index in [0.29, 0.717) is 26.9 Å². The minimum atomic E-state index is -0.256. The van der Waals surface area contributed by atoms with Gasteiger partial charge in [-0.15, -0.1) is 0 Å². The van der Waals surface area contributed by atoms with Crippen molar-refractivity contribution in [1.29, 1.82) is 0 Å². The number of benzene rings is 6. The Bertz CT molecular complexity index is 1790. The van der Waals surface area contributed by atoms with Crippen molar-refractivity contribution in [1.82, 2.24) is 0 Å². The standard InChI is InChI=1S/C15H12.C14H10O/c1-11-6-7-13-9-8-12-4-2-3-5-14(12)15(13)10-11;15-12-8-7-11-6-5-10-3-1-2-4-13(10)14(11)9-12/h2-10H,1H3;1-9,15H/i2D,3D,4D,5D;1D,2D,3D,4D. The van der Waals surface area contributed by atoms with Gasteiger partial charge in [0.1, 0.15) is 5.75 Å². The van der Waals surface area contributed by atoms with E-state index in [9.17, 15) is 5.11 Å². The summed E-state index contributed by atoms with van der Waals surface area (Å²) < 4.78 is 62.9. The molecule has 6 aromatic rings. The van der Waals surface area contributed by atoms with Gasteiger partial charge in [0.05, 0.1) is 11.0 Å². The highest BCUT2D eigenvalue weighted by Gasteiger charge is 2.00. The molecule has 1 nitrogen and oxygen atoms in total. The summed E-state index contributed by atoms with van der Waals surface area (Å²) in [4.78, 5) is 0. The summed E-state index contributed by atoms with van der Waals surface area (Å²) in [7, 11) is 0. The van der Waals surface area contributed by atoms with Crippen LogP contribution >= 0.6 is 0 Å². The highest BCUT2D eigenvalue weighted by molar-refractivity contribution is 6.08. The van der Waals surface area contributed by atoms with Crippen molar-refractivity contribution in [3.8, 4) is 5.75 Å². The van der Waals surface area contributed by atoms with Crippen LogP contribution in [0.1, 0.15) is 16.5 Å². The van der Waals surface area contributed by atoms with Crippen molar-refractivity contribution in [2.24, 2.45) is 0 Å². The zero-order chi connectivity index (χ0) is 27.5. The van der Waals surface area contributed by atoms with Crippen molar-refractivity contribution in [2.45, 2.75) is 6.92 Å². The van der Waals surface area contributed by atoms with Crippen LogP contribution in [0, 0.1) is 6.92 Å². The van der Waals surface area contributed by atoms with Gasteiger partial charge >= 0.3 is 0 Å². The van der Waals surface area contributed by atoms with Gasteiger partial charge in [-0.05, 0) is 62.1 Å². The molecule has 0 aliphatic rings. The highest BCUT2D eigenvalue weighted by Crippen LogP contribution is 2.28. The Balaban J connectivity index is 0.000000155. The molecule has 0 spiro atoms. The minimum absolute atomic E-state index is 0.0272. The minimum Gasteiger partial charge on any atom is -0.508 e. The SMILES string of the molecule is [2H]c1c([2H])c([2H])c2c(ccc3ccc(C)cc32)c1[2H].[2H]c1c([2H])c([2H])c2c(ccc3ccc(O)cc32)c1[2H]. The Kier molecular flexibility index (Phi) is 2.85. The number of phenols is 1. The van der Waals surface area contributed by atoms with Gasteiger partial charge in [0.25, 0.3) is 0 Å². The second-order valence-electron chi connectivity index (χ2n) is 7.11. The lowest BCUT2D eigenvalue weighted by Crippen LogP contribution is -1.78. The summed E-state index contributed by atoms with van der Waals surface area (Å²) in [5.41, 5.74) is 1.08. The van der Waals surface area contributed by atoms with Crippen molar-refractivity contribution in [3.05, 3.63) is 115 Å². The molecule has 6 rings (SSSR count). The first-order chi connectivity index (χ1) is 18.0. The molecule has 0 amide bonds. The smallest absolute Gasteiger partial charge is 0.116 e. The van der Waals surface area contributed by atoms with Gasteiger partial charge < -0.3 is 5.11 Å².